The van der Waals surface area contributed by atoms with Crippen molar-refractivity contribution >= 4 is 55.9 Å². The minimum absolute atomic E-state index is 0.0785. The highest BCUT2D eigenvalue weighted by molar-refractivity contribution is 6.10. The fourth-order valence-electron chi connectivity index (χ4n) is 7.61. The summed E-state index contributed by atoms with van der Waals surface area (Å²) in [5.41, 5.74) is 14.4. The Hall–Kier alpha value is -6.06. The third kappa shape index (κ3) is 4.51. The molecule has 0 saturated carbocycles. The van der Waals surface area contributed by atoms with Crippen molar-refractivity contribution < 1.29 is 0 Å². The Morgan fingerprint density at radius 2 is 0.792 bits per heavy atom. The number of nitrogens with one attached hydrogen (secondary N) is 1. The van der Waals surface area contributed by atoms with Crippen molar-refractivity contribution in [3.63, 3.8) is 0 Å². The van der Waals surface area contributed by atoms with Crippen LogP contribution in [0.1, 0.15) is 25.0 Å². The molecule has 1 N–H and O–H groups in total. The van der Waals surface area contributed by atoms with Crippen LogP contribution in [-0.4, -0.2) is 4.98 Å². The van der Waals surface area contributed by atoms with Gasteiger partial charge in [-0.2, -0.15) is 0 Å². The molecule has 1 aromatic heterocycles. The Morgan fingerprint density at radius 3 is 1.33 bits per heavy atom. The number of anilines is 6. The normalized spacial score (nSPS) is 13.0. The first-order chi connectivity index (χ1) is 23.6. The number of H-pyrrole nitrogens is 1. The average molecular weight is 618 g/mol. The number of para-hydroxylation sites is 3. The maximum Gasteiger partial charge on any atom is 0.0469 e. The van der Waals surface area contributed by atoms with Gasteiger partial charge in [-0.25, -0.2) is 0 Å². The number of hydrogen-bond acceptors (Lipinski definition) is 2. The summed E-state index contributed by atoms with van der Waals surface area (Å²) in [6.45, 7) is 4.69. The van der Waals surface area contributed by atoms with Gasteiger partial charge in [-0.3, -0.25) is 0 Å². The zero-order valence-electron chi connectivity index (χ0n) is 27.1. The lowest BCUT2D eigenvalue weighted by atomic mass is 9.82. The van der Waals surface area contributed by atoms with E-state index in [1.165, 1.54) is 33.0 Å². The molecule has 8 aromatic rings. The molecule has 0 amide bonds. The highest BCUT2D eigenvalue weighted by Crippen LogP contribution is 2.50. The van der Waals surface area contributed by atoms with Gasteiger partial charge in [-0.05, 0) is 107 Å². The van der Waals surface area contributed by atoms with Crippen LogP contribution in [0.3, 0.4) is 0 Å². The van der Waals surface area contributed by atoms with Gasteiger partial charge < -0.3 is 14.8 Å². The molecule has 0 radical (unpaired) electrons. The highest BCUT2D eigenvalue weighted by atomic mass is 15.1. The van der Waals surface area contributed by atoms with Gasteiger partial charge in [0.15, 0.2) is 0 Å². The zero-order chi connectivity index (χ0) is 32.2. The molecule has 0 aliphatic heterocycles. The van der Waals surface area contributed by atoms with E-state index in [1.807, 2.05) is 0 Å². The summed E-state index contributed by atoms with van der Waals surface area (Å²) in [5.74, 6) is 0. The SMILES string of the molecule is CC1(C)c2ccccc2-c2ccc(N(c3ccccc3)c3ccc4[nH]c5ccc(N(c6ccccc6)c6ccccc6)cc5c4c3)cc21. The lowest BCUT2D eigenvalue weighted by molar-refractivity contribution is 0.660. The molecule has 0 spiro atoms. The number of hydrogen-bond donors (Lipinski definition) is 1. The second kappa shape index (κ2) is 11.0. The monoisotopic (exact) mass is 617 g/mol. The van der Waals surface area contributed by atoms with Crippen LogP contribution < -0.4 is 9.80 Å². The molecule has 0 bridgehead atoms. The van der Waals surface area contributed by atoms with Gasteiger partial charge in [-0.15, -0.1) is 0 Å². The number of nitrogens with zero attached hydrogens (tertiary/aromatic N) is 2. The van der Waals surface area contributed by atoms with Gasteiger partial charge in [0, 0.05) is 61.3 Å². The van der Waals surface area contributed by atoms with E-state index in [9.17, 15) is 0 Å². The Labute approximate surface area is 281 Å². The van der Waals surface area contributed by atoms with Crippen molar-refractivity contribution in [2.24, 2.45) is 0 Å². The molecule has 7 aromatic carbocycles. The van der Waals surface area contributed by atoms with Crippen LogP contribution in [0.4, 0.5) is 34.1 Å². The summed E-state index contributed by atoms with van der Waals surface area (Å²) in [5, 5.41) is 2.39. The second-order valence-electron chi connectivity index (χ2n) is 13.2. The summed E-state index contributed by atoms with van der Waals surface area (Å²) in [4.78, 5) is 8.40. The van der Waals surface area contributed by atoms with E-state index < -0.39 is 0 Å². The minimum atomic E-state index is -0.0785. The predicted molar refractivity (Wildman–Crippen MR) is 203 cm³/mol. The van der Waals surface area contributed by atoms with Crippen LogP contribution in [0.25, 0.3) is 32.9 Å². The van der Waals surface area contributed by atoms with Crippen molar-refractivity contribution in [1.82, 2.24) is 4.98 Å². The summed E-state index contributed by atoms with van der Waals surface area (Å²) in [7, 11) is 0. The molecule has 230 valence electrons. The molecule has 48 heavy (non-hydrogen) atoms. The number of aromatic nitrogens is 1. The first-order valence-corrected chi connectivity index (χ1v) is 16.6. The fourth-order valence-corrected chi connectivity index (χ4v) is 7.61. The van der Waals surface area contributed by atoms with Gasteiger partial charge >= 0.3 is 0 Å². The molecule has 1 heterocycles. The number of fused-ring (bicyclic) bond motifs is 6. The molecular formula is C45H35N3. The van der Waals surface area contributed by atoms with E-state index >= 15 is 0 Å². The molecule has 0 unspecified atom stereocenters. The van der Waals surface area contributed by atoms with Crippen LogP contribution in [0.2, 0.25) is 0 Å². The van der Waals surface area contributed by atoms with E-state index in [-0.39, 0.29) is 5.41 Å². The molecule has 0 saturated heterocycles. The summed E-state index contributed by atoms with van der Waals surface area (Å²) in [6.07, 6.45) is 0. The topological polar surface area (TPSA) is 22.3 Å². The lowest BCUT2D eigenvalue weighted by Crippen LogP contribution is -2.16. The fraction of sp³-hybridized carbons (Fsp3) is 0.0667. The Kier molecular flexibility index (Phi) is 6.48. The van der Waals surface area contributed by atoms with Crippen LogP contribution in [-0.2, 0) is 5.41 Å². The first-order valence-electron chi connectivity index (χ1n) is 16.6. The molecule has 1 aliphatic rings. The van der Waals surface area contributed by atoms with Crippen LogP contribution in [0.15, 0.2) is 170 Å². The van der Waals surface area contributed by atoms with E-state index in [4.69, 9.17) is 0 Å². The summed E-state index contributed by atoms with van der Waals surface area (Å²) >= 11 is 0. The van der Waals surface area contributed by atoms with Gasteiger partial charge in [0.2, 0.25) is 0 Å². The lowest BCUT2D eigenvalue weighted by Gasteiger charge is -2.28. The Morgan fingerprint density at radius 1 is 0.375 bits per heavy atom. The first kappa shape index (κ1) is 28.2. The van der Waals surface area contributed by atoms with Gasteiger partial charge in [0.25, 0.3) is 0 Å². The van der Waals surface area contributed by atoms with Gasteiger partial charge in [-0.1, -0.05) is 98.8 Å². The van der Waals surface area contributed by atoms with Crippen molar-refractivity contribution in [1.29, 1.82) is 0 Å². The van der Waals surface area contributed by atoms with Crippen LogP contribution in [0, 0.1) is 0 Å². The van der Waals surface area contributed by atoms with Crippen molar-refractivity contribution in [3.8, 4) is 11.1 Å². The zero-order valence-corrected chi connectivity index (χ0v) is 27.1. The van der Waals surface area contributed by atoms with Crippen LogP contribution >= 0.6 is 0 Å². The number of benzene rings is 7. The maximum atomic E-state index is 3.69. The molecule has 3 nitrogen and oxygen atoms in total. The molecule has 9 rings (SSSR count). The summed E-state index contributed by atoms with van der Waals surface area (Å²) in [6, 6.07) is 61.3. The molecule has 0 fully saturated rings. The number of rotatable bonds is 6. The Bertz CT molecular complexity index is 2390. The van der Waals surface area contributed by atoms with E-state index in [1.54, 1.807) is 0 Å². The predicted octanol–water partition coefficient (Wildman–Crippen LogP) is 12.6. The third-order valence-electron chi connectivity index (χ3n) is 9.95. The average Bonchev–Trinajstić information content (AvgIpc) is 3.61. The highest BCUT2D eigenvalue weighted by Gasteiger charge is 2.35. The maximum absolute atomic E-state index is 3.69. The smallest absolute Gasteiger partial charge is 0.0469 e. The van der Waals surface area contributed by atoms with E-state index in [2.05, 4.69) is 198 Å². The molecule has 3 heteroatoms. The van der Waals surface area contributed by atoms with E-state index in [0.29, 0.717) is 0 Å². The standard InChI is InChI=1S/C45H35N3/c1-45(2)41-21-13-12-20-37(41)38-25-22-36(30-42(38)45)48(33-18-10-5-11-19-33)35-24-27-44-40(29-35)39-28-34(23-26-43(39)46-44)47(31-14-6-3-7-15-31)32-16-8-4-9-17-32/h3-30,46H,1-2H3. The molecular weight excluding hydrogens is 583 g/mol. The van der Waals surface area contributed by atoms with Crippen LogP contribution in [0.5, 0.6) is 0 Å². The minimum Gasteiger partial charge on any atom is -0.355 e. The van der Waals surface area contributed by atoms with Crippen molar-refractivity contribution in [3.05, 3.63) is 181 Å². The quantitative estimate of drug-likeness (QED) is 0.201. The van der Waals surface area contributed by atoms with Gasteiger partial charge in [0.05, 0.1) is 0 Å². The van der Waals surface area contributed by atoms with E-state index in [0.717, 1.165) is 45.2 Å². The van der Waals surface area contributed by atoms with Crippen molar-refractivity contribution in [2.45, 2.75) is 19.3 Å². The van der Waals surface area contributed by atoms with Gasteiger partial charge in [0.1, 0.15) is 0 Å². The molecule has 1 aliphatic carbocycles. The Balaban J connectivity index is 1.20. The largest absolute Gasteiger partial charge is 0.355 e. The molecule has 0 atom stereocenters. The second-order valence-corrected chi connectivity index (χ2v) is 13.2. The summed E-state index contributed by atoms with van der Waals surface area (Å²) < 4.78 is 0. The van der Waals surface area contributed by atoms with Crippen molar-refractivity contribution in [2.75, 3.05) is 9.80 Å². The third-order valence-corrected chi connectivity index (χ3v) is 9.95. The number of aromatic amines is 1.